The molecule has 1 aromatic carbocycles. The topological polar surface area (TPSA) is 49.4 Å². The molecule has 4 nitrogen and oxygen atoms in total. The number of amides is 2. The van der Waals surface area contributed by atoms with E-state index in [4.69, 9.17) is 11.6 Å². The first kappa shape index (κ1) is 19.8. The molecule has 23 heavy (non-hydrogen) atoms. The minimum Gasteiger partial charge on any atom is -0.344 e. The summed E-state index contributed by atoms with van der Waals surface area (Å²) in [6, 6.07) is 6.34. The Kier molecular flexibility index (Phi) is 9.10. The Labute approximate surface area is 148 Å². The summed E-state index contributed by atoms with van der Waals surface area (Å²) in [7, 11) is 1.78. The molecule has 6 heteroatoms. The number of benzene rings is 1. The van der Waals surface area contributed by atoms with Gasteiger partial charge < -0.3 is 10.2 Å². The minimum absolute atomic E-state index is 0.0482. The molecule has 0 aliphatic rings. The second-order valence-electron chi connectivity index (χ2n) is 5.40. The summed E-state index contributed by atoms with van der Waals surface area (Å²) in [4.78, 5) is 26.7. The quantitative estimate of drug-likeness (QED) is 0.737. The molecular formula is C17H25ClN2O2S. The number of nitrogens with one attached hydrogen (secondary N) is 1. The van der Waals surface area contributed by atoms with Crippen LogP contribution in [0.5, 0.6) is 0 Å². The fourth-order valence-electron chi connectivity index (χ4n) is 2.15. The van der Waals surface area contributed by atoms with Crippen LogP contribution in [-0.4, -0.2) is 48.4 Å². The molecule has 0 spiro atoms. The van der Waals surface area contributed by atoms with Crippen LogP contribution in [0.4, 0.5) is 0 Å². The molecule has 0 saturated carbocycles. The number of thioether (sulfide) groups is 1. The lowest BCUT2D eigenvalue weighted by molar-refractivity contribution is -0.132. The number of rotatable bonds is 9. The zero-order chi connectivity index (χ0) is 17.2. The van der Waals surface area contributed by atoms with Crippen LogP contribution in [0.1, 0.15) is 36.5 Å². The van der Waals surface area contributed by atoms with Crippen molar-refractivity contribution in [2.24, 2.45) is 0 Å². The van der Waals surface area contributed by atoms with Gasteiger partial charge in [-0.15, -0.1) is 0 Å². The van der Waals surface area contributed by atoms with Crippen molar-refractivity contribution in [3.05, 3.63) is 34.9 Å². The zero-order valence-electron chi connectivity index (χ0n) is 14.0. The molecule has 1 unspecified atom stereocenters. The number of halogens is 1. The van der Waals surface area contributed by atoms with Gasteiger partial charge in [-0.3, -0.25) is 9.59 Å². The number of likely N-dealkylation sites (N-methyl/N-ethyl adjacent to an activating group) is 1. The Bertz CT molecular complexity index is 525. The summed E-state index contributed by atoms with van der Waals surface area (Å²) in [5.74, 6) is 0.452. The third kappa shape index (κ3) is 6.43. The van der Waals surface area contributed by atoms with Crippen LogP contribution < -0.4 is 5.32 Å². The van der Waals surface area contributed by atoms with Crippen LogP contribution in [0.15, 0.2) is 24.3 Å². The first-order valence-corrected chi connectivity index (χ1v) is 9.57. The van der Waals surface area contributed by atoms with Gasteiger partial charge in [-0.1, -0.05) is 37.1 Å². The van der Waals surface area contributed by atoms with E-state index in [-0.39, 0.29) is 11.8 Å². The molecule has 0 bridgehead atoms. The lowest BCUT2D eigenvalue weighted by Crippen LogP contribution is -2.48. The van der Waals surface area contributed by atoms with E-state index in [1.165, 1.54) is 0 Å². The van der Waals surface area contributed by atoms with Gasteiger partial charge in [0.2, 0.25) is 5.91 Å². The summed E-state index contributed by atoms with van der Waals surface area (Å²) < 4.78 is 0. The van der Waals surface area contributed by atoms with Gasteiger partial charge in [0.05, 0.1) is 10.6 Å². The third-order valence-electron chi connectivity index (χ3n) is 3.56. The van der Waals surface area contributed by atoms with Gasteiger partial charge in [0, 0.05) is 13.6 Å². The van der Waals surface area contributed by atoms with Crippen molar-refractivity contribution in [2.75, 3.05) is 25.6 Å². The number of hydrogen-bond acceptors (Lipinski definition) is 3. The maximum atomic E-state index is 12.6. The smallest absolute Gasteiger partial charge is 0.253 e. The summed E-state index contributed by atoms with van der Waals surface area (Å²) >= 11 is 7.71. The maximum Gasteiger partial charge on any atom is 0.253 e. The van der Waals surface area contributed by atoms with Crippen LogP contribution >= 0.6 is 23.4 Å². The number of hydrogen-bond donors (Lipinski definition) is 1. The summed E-state index contributed by atoms with van der Waals surface area (Å²) in [6.45, 7) is 2.79. The molecule has 1 atom stereocenters. The summed E-state index contributed by atoms with van der Waals surface area (Å²) in [5, 5.41) is 3.23. The predicted octanol–water partition coefficient (Wildman–Crippen LogP) is 3.45. The fraction of sp³-hybridized carbons (Fsp3) is 0.529. The number of nitrogens with zero attached hydrogens (tertiary/aromatic N) is 1. The molecule has 2 amide bonds. The monoisotopic (exact) mass is 356 g/mol. The molecule has 0 saturated heterocycles. The summed E-state index contributed by atoms with van der Waals surface area (Å²) in [6.07, 6.45) is 4.57. The molecule has 0 radical (unpaired) electrons. The second kappa shape index (κ2) is 10.6. The van der Waals surface area contributed by atoms with Crippen molar-refractivity contribution in [3.63, 3.8) is 0 Å². The average Bonchev–Trinajstić information content (AvgIpc) is 2.55. The standard InChI is InChI=1S/C17H25ClN2O2S/c1-4-5-11-20(2)17(22)15(10-12-23-3)19-16(21)13-8-6-7-9-14(13)18/h6-9,15H,4-5,10-12H2,1-3H3,(H,19,21). The SMILES string of the molecule is CCCCN(C)C(=O)C(CCSC)NC(=O)c1ccccc1Cl. The minimum atomic E-state index is -0.520. The Morgan fingerprint density at radius 3 is 2.65 bits per heavy atom. The number of carbonyl (C=O) groups is 2. The molecule has 1 rings (SSSR count). The van der Waals surface area contributed by atoms with Crippen molar-refractivity contribution in [2.45, 2.75) is 32.2 Å². The van der Waals surface area contributed by atoms with Crippen molar-refractivity contribution in [3.8, 4) is 0 Å². The molecular weight excluding hydrogens is 332 g/mol. The second-order valence-corrected chi connectivity index (χ2v) is 6.79. The van der Waals surface area contributed by atoms with E-state index in [0.717, 1.165) is 18.6 Å². The van der Waals surface area contributed by atoms with Gasteiger partial charge in [0.1, 0.15) is 6.04 Å². The maximum absolute atomic E-state index is 12.6. The largest absolute Gasteiger partial charge is 0.344 e. The Morgan fingerprint density at radius 1 is 1.35 bits per heavy atom. The average molecular weight is 357 g/mol. The van der Waals surface area contributed by atoms with Crippen LogP contribution in [-0.2, 0) is 4.79 Å². The zero-order valence-corrected chi connectivity index (χ0v) is 15.5. The Balaban J connectivity index is 2.79. The number of unbranched alkanes of at least 4 members (excludes halogenated alkanes) is 1. The van der Waals surface area contributed by atoms with Crippen LogP contribution in [0.3, 0.4) is 0 Å². The van der Waals surface area contributed by atoms with E-state index in [9.17, 15) is 9.59 Å². The highest BCUT2D eigenvalue weighted by atomic mass is 35.5. The molecule has 0 aliphatic carbocycles. The highest BCUT2D eigenvalue weighted by molar-refractivity contribution is 7.98. The molecule has 0 heterocycles. The highest BCUT2D eigenvalue weighted by Gasteiger charge is 2.24. The van der Waals surface area contributed by atoms with E-state index in [1.807, 2.05) is 6.26 Å². The highest BCUT2D eigenvalue weighted by Crippen LogP contribution is 2.15. The van der Waals surface area contributed by atoms with E-state index < -0.39 is 6.04 Å². The van der Waals surface area contributed by atoms with E-state index in [0.29, 0.717) is 23.6 Å². The van der Waals surface area contributed by atoms with Gasteiger partial charge in [-0.25, -0.2) is 0 Å². The van der Waals surface area contributed by atoms with Gasteiger partial charge in [-0.2, -0.15) is 11.8 Å². The van der Waals surface area contributed by atoms with Gasteiger partial charge in [-0.05, 0) is 37.0 Å². The fourth-order valence-corrected chi connectivity index (χ4v) is 2.84. The van der Waals surface area contributed by atoms with Crippen molar-refractivity contribution in [1.29, 1.82) is 0 Å². The first-order chi connectivity index (χ1) is 11.0. The van der Waals surface area contributed by atoms with Gasteiger partial charge in [0.25, 0.3) is 5.91 Å². The lowest BCUT2D eigenvalue weighted by atomic mass is 10.1. The molecule has 1 N–H and O–H groups in total. The molecule has 0 aliphatic heterocycles. The van der Waals surface area contributed by atoms with E-state index >= 15 is 0 Å². The Hall–Kier alpha value is -1.20. The molecule has 128 valence electrons. The molecule has 1 aromatic rings. The molecule has 0 fully saturated rings. The van der Waals surface area contributed by atoms with Crippen molar-refractivity contribution in [1.82, 2.24) is 10.2 Å². The predicted molar refractivity (Wildman–Crippen MR) is 98.3 cm³/mol. The van der Waals surface area contributed by atoms with Crippen LogP contribution in [0.25, 0.3) is 0 Å². The van der Waals surface area contributed by atoms with Crippen LogP contribution in [0, 0.1) is 0 Å². The Morgan fingerprint density at radius 2 is 2.04 bits per heavy atom. The normalized spacial score (nSPS) is 11.8. The van der Waals surface area contributed by atoms with Gasteiger partial charge in [0.15, 0.2) is 0 Å². The van der Waals surface area contributed by atoms with E-state index in [1.54, 1.807) is 48.0 Å². The summed E-state index contributed by atoms with van der Waals surface area (Å²) in [5.41, 5.74) is 0.396. The van der Waals surface area contributed by atoms with Crippen LogP contribution in [0.2, 0.25) is 5.02 Å². The lowest BCUT2D eigenvalue weighted by Gasteiger charge is -2.24. The third-order valence-corrected chi connectivity index (χ3v) is 4.53. The van der Waals surface area contributed by atoms with Crippen molar-refractivity contribution >= 4 is 35.2 Å². The first-order valence-electron chi connectivity index (χ1n) is 7.80. The number of carbonyl (C=O) groups excluding carboxylic acids is 2. The van der Waals surface area contributed by atoms with Crippen molar-refractivity contribution < 1.29 is 9.59 Å². The van der Waals surface area contributed by atoms with E-state index in [2.05, 4.69) is 12.2 Å². The van der Waals surface area contributed by atoms with Gasteiger partial charge >= 0.3 is 0 Å². The molecule has 0 aromatic heterocycles.